The van der Waals surface area contributed by atoms with Crippen LogP contribution in [0.2, 0.25) is 0 Å². The Kier molecular flexibility index (Phi) is 2.74. The zero-order chi connectivity index (χ0) is 14.2. The van der Waals surface area contributed by atoms with Crippen molar-refractivity contribution in [1.29, 1.82) is 0 Å². The van der Waals surface area contributed by atoms with E-state index in [0.29, 0.717) is 12.0 Å². The van der Waals surface area contributed by atoms with Gasteiger partial charge in [-0.1, -0.05) is 12.1 Å². The maximum atomic E-state index is 12.4. The van der Waals surface area contributed by atoms with E-state index in [2.05, 4.69) is 10.3 Å². The van der Waals surface area contributed by atoms with Crippen LogP contribution in [-0.4, -0.2) is 12.0 Å². The Balaban J connectivity index is 1.72. The van der Waals surface area contributed by atoms with Gasteiger partial charge in [-0.3, -0.25) is 9.79 Å². The lowest BCUT2D eigenvalue weighted by atomic mass is 9.85. The fourth-order valence-corrected chi connectivity index (χ4v) is 2.91. The summed E-state index contributed by atoms with van der Waals surface area (Å²) in [5, 5.41) is 3.38. The number of fused-ring (bicyclic) bond motifs is 1. The molecule has 1 N–H and O–H groups in total. The summed E-state index contributed by atoms with van der Waals surface area (Å²) < 4.78 is 5.47. The van der Waals surface area contributed by atoms with E-state index in [1.165, 1.54) is 0 Å². The molecule has 0 bridgehead atoms. The summed E-state index contributed by atoms with van der Waals surface area (Å²) in [5.41, 5.74) is 3.41. The van der Waals surface area contributed by atoms with Gasteiger partial charge in [0.25, 0.3) is 0 Å². The molecule has 4 nitrogen and oxygen atoms in total. The predicted octanol–water partition coefficient (Wildman–Crippen LogP) is 3.81. The van der Waals surface area contributed by atoms with Crippen LogP contribution in [0.1, 0.15) is 24.5 Å². The third kappa shape index (κ3) is 2.09. The lowest BCUT2D eigenvalue weighted by molar-refractivity contribution is -0.115. The molecule has 1 aromatic heterocycles. The first kappa shape index (κ1) is 12.1. The molecule has 104 valence electrons. The van der Waals surface area contributed by atoms with Gasteiger partial charge in [-0.15, -0.1) is 0 Å². The smallest absolute Gasteiger partial charge is 0.166 e. The number of furan rings is 1. The molecule has 0 unspecified atom stereocenters. The third-order valence-corrected chi connectivity index (χ3v) is 3.98. The summed E-state index contributed by atoms with van der Waals surface area (Å²) in [5.74, 6) is 1.07. The third-order valence-electron chi connectivity index (χ3n) is 3.98. The van der Waals surface area contributed by atoms with Crippen LogP contribution in [0.3, 0.4) is 0 Å². The molecule has 2 aromatic rings. The van der Waals surface area contributed by atoms with Gasteiger partial charge in [0.05, 0.1) is 23.2 Å². The van der Waals surface area contributed by atoms with E-state index in [4.69, 9.17) is 4.42 Å². The van der Waals surface area contributed by atoms with Crippen molar-refractivity contribution in [1.82, 2.24) is 0 Å². The maximum absolute atomic E-state index is 12.4. The number of hydrogen-bond acceptors (Lipinski definition) is 4. The van der Waals surface area contributed by atoms with Crippen molar-refractivity contribution < 1.29 is 9.21 Å². The van der Waals surface area contributed by atoms with Gasteiger partial charge in [-0.2, -0.15) is 0 Å². The van der Waals surface area contributed by atoms with Gasteiger partial charge in [0.1, 0.15) is 5.76 Å². The highest BCUT2D eigenvalue weighted by molar-refractivity contribution is 6.16. The fraction of sp³-hybridized carbons (Fsp3) is 0.176. The average molecular weight is 278 g/mol. The van der Waals surface area contributed by atoms with Crippen LogP contribution in [0.25, 0.3) is 0 Å². The van der Waals surface area contributed by atoms with Crippen LogP contribution >= 0.6 is 0 Å². The molecule has 4 rings (SSSR count). The molecule has 1 aliphatic heterocycles. The Bertz CT molecular complexity index is 757. The second-order valence-electron chi connectivity index (χ2n) is 5.34. The van der Waals surface area contributed by atoms with Crippen LogP contribution < -0.4 is 5.32 Å². The van der Waals surface area contributed by atoms with Crippen LogP contribution in [0.4, 0.5) is 11.4 Å². The van der Waals surface area contributed by atoms with Crippen molar-refractivity contribution in [2.75, 3.05) is 5.32 Å². The number of ketones is 1. The number of anilines is 1. The Morgan fingerprint density at radius 2 is 2.05 bits per heavy atom. The SMILES string of the molecule is O=C1C[C@H](c2ccco2)CC2=C1C=Nc1ccccc1N2. The standard InChI is InChI=1S/C17H14N2O2/c20-16-9-11(17-6-3-7-21-17)8-15-12(16)10-18-13-4-1-2-5-14(13)19-15/h1-7,10-11,19H,8-9H2/t11-/m1/s1. The molecule has 1 aromatic carbocycles. The van der Waals surface area contributed by atoms with Crippen molar-refractivity contribution in [3.05, 3.63) is 59.7 Å². The maximum Gasteiger partial charge on any atom is 0.166 e. The molecule has 2 aliphatic rings. The summed E-state index contributed by atoms with van der Waals surface area (Å²) in [6, 6.07) is 11.6. The number of para-hydroxylation sites is 2. The van der Waals surface area contributed by atoms with Crippen molar-refractivity contribution in [3.8, 4) is 0 Å². The molecule has 0 saturated heterocycles. The van der Waals surface area contributed by atoms with E-state index in [1.54, 1.807) is 12.5 Å². The molecule has 0 spiro atoms. The molecule has 21 heavy (non-hydrogen) atoms. The van der Waals surface area contributed by atoms with Gasteiger partial charge in [0.15, 0.2) is 5.78 Å². The van der Waals surface area contributed by atoms with Crippen LogP contribution in [0.15, 0.2) is 63.3 Å². The van der Waals surface area contributed by atoms with Crippen molar-refractivity contribution >= 4 is 23.4 Å². The van der Waals surface area contributed by atoms with E-state index in [-0.39, 0.29) is 11.7 Å². The predicted molar refractivity (Wildman–Crippen MR) is 80.9 cm³/mol. The molecule has 0 radical (unpaired) electrons. The van der Waals surface area contributed by atoms with Gasteiger partial charge < -0.3 is 9.73 Å². The topological polar surface area (TPSA) is 54.6 Å². The minimum atomic E-state index is 0.0948. The Labute approximate surface area is 122 Å². The first-order valence-electron chi connectivity index (χ1n) is 7.01. The van der Waals surface area contributed by atoms with Crippen molar-refractivity contribution in [2.45, 2.75) is 18.8 Å². The highest BCUT2D eigenvalue weighted by Crippen LogP contribution is 2.38. The van der Waals surface area contributed by atoms with E-state index < -0.39 is 0 Å². The first-order chi connectivity index (χ1) is 10.3. The summed E-state index contributed by atoms with van der Waals surface area (Å²) >= 11 is 0. The number of Topliss-reactive ketones (excluding diaryl/α,β-unsaturated/α-hetero) is 1. The number of carbonyl (C=O) groups is 1. The average Bonchev–Trinajstić information content (AvgIpc) is 2.95. The molecule has 1 atom stereocenters. The Morgan fingerprint density at radius 1 is 1.14 bits per heavy atom. The number of hydrogen-bond donors (Lipinski definition) is 1. The van der Waals surface area contributed by atoms with Gasteiger partial charge >= 0.3 is 0 Å². The lowest BCUT2D eigenvalue weighted by Gasteiger charge is -2.23. The zero-order valence-electron chi connectivity index (χ0n) is 11.4. The number of benzene rings is 1. The fourth-order valence-electron chi connectivity index (χ4n) is 2.91. The molecule has 0 fully saturated rings. The molecule has 1 aliphatic carbocycles. The number of nitrogens with zero attached hydrogens (tertiary/aromatic N) is 1. The summed E-state index contributed by atoms with van der Waals surface area (Å²) in [6.45, 7) is 0. The number of nitrogens with one attached hydrogen (secondary N) is 1. The van der Waals surface area contributed by atoms with Crippen LogP contribution in [0, 0.1) is 0 Å². The summed E-state index contributed by atoms with van der Waals surface area (Å²) in [4.78, 5) is 16.8. The monoisotopic (exact) mass is 278 g/mol. The van der Waals surface area contributed by atoms with Gasteiger partial charge in [0, 0.05) is 24.3 Å². The van der Waals surface area contributed by atoms with Crippen LogP contribution in [0.5, 0.6) is 0 Å². The minimum Gasteiger partial charge on any atom is -0.469 e. The molecule has 0 amide bonds. The summed E-state index contributed by atoms with van der Waals surface area (Å²) in [7, 11) is 0. The zero-order valence-corrected chi connectivity index (χ0v) is 11.4. The largest absolute Gasteiger partial charge is 0.469 e. The van der Waals surface area contributed by atoms with Gasteiger partial charge in [-0.25, -0.2) is 0 Å². The highest BCUT2D eigenvalue weighted by atomic mass is 16.3. The van der Waals surface area contributed by atoms with Gasteiger partial charge in [0.2, 0.25) is 0 Å². The van der Waals surface area contributed by atoms with E-state index >= 15 is 0 Å². The van der Waals surface area contributed by atoms with Crippen LogP contribution in [-0.2, 0) is 4.79 Å². The Hall–Kier alpha value is -2.62. The first-order valence-corrected chi connectivity index (χ1v) is 7.01. The quantitative estimate of drug-likeness (QED) is 0.863. The second-order valence-corrected chi connectivity index (χ2v) is 5.34. The molecule has 2 heterocycles. The molecule has 4 heteroatoms. The summed E-state index contributed by atoms with van der Waals surface area (Å²) in [6.07, 6.45) is 4.57. The van der Waals surface area contributed by atoms with Crippen molar-refractivity contribution in [2.24, 2.45) is 4.99 Å². The van der Waals surface area contributed by atoms with Gasteiger partial charge in [-0.05, 0) is 30.7 Å². The molecular formula is C17H14N2O2. The Morgan fingerprint density at radius 3 is 2.90 bits per heavy atom. The number of rotatable bonds is 1. The molecular weight excluding hydrogens is 264 g/mol. The normalized spacial score (nSPS) is 20.6. The van der Waals surface area contributed by atoms with E-state index in [9.17, 15) is 4.79 Å². The van der Waals surface area contributed by atoms with E-state index in [0.717, 1.165) is 29.3 Å². The number of aliphatic imine (C=N–C) groups is 1. The van der Waals surface area contributed by atoms with E-state index in [1.807, 2.05) is 36.4 Å². The number of carbonyl (C=O) groups excluding carboxylic acids is 1. The van der Waals surface area contributed by atoms with Crippen molar-refractivity contribution in [3.63, 3.8) is 0 Å². The minimum absolute atomic E-state index is 0.0948. The number of allylic oxidation sites excluding steroid dienone is 2. The highest BCUT2D eigenvalue weighted by Gasteiger charge is 2.30. The molecule has 0 saturated carbocycles. The lowest BCUT2D eigenvalue weighted by Crippen LogP contribution is -2.21. The second kappa shape index (κ2) is 4.74.